The molecule has 0 heterocycles. The maximum atomic E-state index is 11.5. The van der Waals surface area contributed by atoms with Gasteiger partial charge in [-0.25, -0.2) is 13.1 Å². The number of hydrogen-bond acceptors (Lipinski definition) is 2. The van der Waals surface area contributed by atoms with Crippen LogP contribution in [0.1, 0.15) is 34.1 Å². The Morgan fingerprint density at radius 2 is 1.92 bits per heavy atom. The first-order valence-electron chi connectivity index (χ1n) is 4.03. The summed E-state index contributed by atoms with van der Waals surface area (Å²) in [5, 5.41) is 0. The molecule has 0 saturated heterocycles. The number of nitrogens with one attached hydrogen (secondary N) is 1. The summed E-state index contributed by atoms with van der Waals surface area (Å²) in [6.45, 7) is 6.80. The van der Waals surface area contributed by atoms with Gasteiger partial charge in [0.05, 0.1) is 7.85 Å². The number of sulfonamides is 1. The molecule has 0 rings (SSSR count). The van der Waals surface area contributed by atoms with Crippen LogP contribution in [0.15, 0.2) is 0 Å². The highest BCUT2D eigenvalue weighted by Gasteiger charge is 2.31. The zero-order valence-electron chi connectivity index (χ0n) is 8.09. The zero-order chi connectivity index (χ0) is 9.99. The molecule has 0 aromatic rings. The molecule has 1 N–H and O–H groups in total. The third-order valence-corrected chi connectivity index (χ3v) is 4.00. The molecule has 12 heavy (non-hydrogen) atoms. The van der Waals surface area contributed by atoms with Crippen molar-refractivity contribution in [3.05, 3.63) is 0 Å². The predicted octanol–water partition coefficient (Wildman–Crippen LogP) is 0.609. The van der Waals surface area contributed by atoms with Crippen LogP contribution in [0.2, 0.25) is 0 Å². The van der Waals surface area contributed by atoms with Crippen LogP contribution in [-0.2, 0) is 10.0 Å². The average molecular weight is 189 g/mol. The lowest BCUT2D eigenvalue weighted by molar-refractivity contribution is 0.545. The van der Waals surface area contributed by atoms with Crippen LogP contribution in [0.5, 0.6) is 0 Å². The monoisotopic (exact) mass is 189 g/mol. The molecule has 0 spiro atoms. The van der Waals surface area contributed by atoms with Crippen molar-refractivity contribution < 1.29 is 8.42 Å². The molecule has 0 aliphatic carbocycles. The minimum atomic E-state index is -3.38. The molecule has 0 saturated carbocycles. The lowest BCUT2D eigenvalue weighted by atomic mass is 9.86. The second-order valence-corrected chi connectivity index (χ2v) is 5.62. The van der Waals surface area contributed by atoms with Crippen molar-refractivity contribution in [2.24, 2.45) is 0 Å². The van der Waals surface area contributed by atoms with Crippen molar-refractivity contribution in [2.45, 2.75) is 44.8 Å². The fourth-order valence-electron chi connectivity index (χ4n) is 0.635. The standard InChI is InChI=1S/C7H16BNO2S/c1-5-7(4,8)12(10,11)9-6(2)3/h6,9H,5H2,1-4H3. The van der Waals surface area contributed by atoms with E-state index >= 15 is 0 Å². The molecule has 3 nitrogen and oxygen atoms in total. The Labute approximate surface area is 76.4 Å². The fourth-order valence-corrected chi connectivity index (χ4v) is 1.90. The van der Waals surface area contributed by atoms with E-state index in [1.807, 2.05) is 0 Å². The third-order valence-electron chi connectivity index (χ3n) is 1.71. The normalized spacial score (nSPS) is 17.8. The van der Waals surface area contributed by atoms with E-state index in [9.17, 15) is 8.42 Å². The summed E-state index contributed by atoms with van der Waals surface area (Å²) >= 11 is 0. The maximum Gasteiger partial charge on any atom is 0.208 e. The summed E-state index contributed by atoms with van der Waals surface area (Å²) in [5.74, 6) is 0. The van der Waals surface area contributed by atoms with Crippen molar-refractivity contribution >= 4 is 17.9 Å². The summed E-state index contributed by atoms with van der Waals surface area (Å²) in [4.78, 5) is 0. The lowest BCUT2D eigenvalue weighted by Gasteiger charge is -2.25. The molecule has 0 aliphatic rings. The van der Waals surface area contributed by atoms with Crippen molar-refractivity contribution in [2.75, 3.05) is 0 Å². The van der Waals surface area contributed by atoms with E-state index in [0.717, 1.165) is 0 Å². The molecule has 0 aromatic carbocycles. The summed E-state index contributed by atoms with van der Waals surface area (Å²) < 4.78 is 24.2. The van der Waals surface area contributed by atoms with Crippen LogP contribution in [0.4, 0.5) is 0 Å². The summed E-state index contributed by atoms with van der Waals surface area (Å²) in [6, 6.07) is -0.107. The van der Waals surface area contributed by atoms with Crippen LogP contribution in [-0.4, -0.2) is 27.0 Å². The van der Waals surface area contributed by atoms with Crippen molar-refractivity contribution in [3.63, 3.8) is 0 Å². The largest absolute Gasteiger partial charge is 0.213 e. The van der Waals surface area contributed by atoms with Crippen LogP contribution in [0.25, 0.3) is 0 Å². The molecule has 0 bridgehead atoms. The molecule has 1 unspecified atom stereocenters. The highest BCUT2D eigenvalue weighted by atomic mass is 32.2. The second-order valence-electron chi connectivity index (χ2n) is 3.44. The van der Waals surface area contributed by atoms with Gasteiger partial charge in [0.1, 0.15) is 0 Å². The predicted molar refractivity (Wildman–Crippen MR) is 51.6 cm³/mol. The second kappa shape index (κ2) is 3.79. The molecule has 5 heteroatoms. The Kier molecular flexibility index (Phi) is 3.78. The molecular formula is C7H16BNO2S. The third kappa shape index (κ3) is 2.79. The minimum Gasteiger partial charge on any atom is -0.213 e. The van der Waals surface area contributed by atoms with Crippen molar-refractivity contribution in [1.82, 2.24) is 4.72 Å². The molecule has 1 atom stereocenters. The van der Waals surface area contributed by atoms with E-state index in [0.29, 0.717) is 6.42 Å². The van der Waals surface area contributed by atoms with Gasteiger partial charge < -0.3 is 0 Å². The topological polar surface area (TPSA) is 46.2 Å². The molecular weight excluding hydrogens is 173 g/mol. The summed E-state index contributed by atoms with van der Waals surface area (Å²) in [7, 11) is 2.21. The van der Waals surface area contributed by atoms with Gasteiger partial charge in [0.2, 0.25) is 10.0 Å². The Morgan fingerprint density at radius 3 is 2.17 bits per heavy atom. The average Bonchev–Trinajstić information content (AvgIpc) is 1.84. The number of rotatable bonds is 4. The Bertz CT molecular complexity index is 234. The van der Waals surface area contributed by atoms with Gasteiger partial charge in [0, 0.05) is 10.7 Å². The van der Waals surface area contributed by atoms with Gasteiger partial charge in [-0.2, -0.15) is 0 Å². The van der Waals surface area contributed by atoms with Gasteiger partial charge in [0.25, 0.3) is 0 Å². The quantitative estimate of drug-likeness (QED) is 0.658. The van der Waals surface area contributed by atoms with Gasteiger partial charge in [-0.15, -0.1) is 0 Å². The van der Waals surface area contributed by atoms with Gasteiger partial charge >= 0.3 is 0 Å². The molecule has 0 aromatic heterocycles. The minimum absolute atomic E-state index is 0.107. The smallest absolute Gasteiger partial charge is 0.208 e. The summed E-state index contributed by atoms with van der Waals surface area (Å²) in [6.07, 6.45) is 0.398. The van der Waals surface area contributed by atoms with Crippen LogP contribution in [0.3, 0.4) is 0 Å². The molecule has 2 radical (unpaired) electrons. The van der Waals surface area contributed by atoms with Crippen LogP contribution >= 0.6 is 0 Å². The fraction of sp³-hybridized carbons (Fsp3) is 1.00. The highest BCUT2D eigenvalue weighted by molar-refractivity contribution is 7.92. The Balaban J connectivity index is 4.63. The van der Waals surface area contributed by atoms with Gasteiger partial charge in [-0.1, -0.05) is 13.8 Å². The lowest BCUT2D eigenvalue weighted by Crippen LogP contribution is -2.46. The Hall–Kier alpha value is -0.0251. The molecule has 0 amide bonds. The first kappa shape index (κ1) is 12.0. The van der Waals surface area contributed by atoms with Crippen molar-refractivity contribution in [1.29, 1.82) is 0 Å². The van der Waals surface area contributed by atoms with E-state index < -0.39 is 14.7 Å². The maximum absolute atomic E-state index is 11.5. The first-order valence-corrected chi connectivity index (χ1v) is 5.52. The highest BCUT2D eigenvalue weighted by Crippen LogP contribution is 2.15. The number of hydrogen-bond donors (Lipinski definition) is 1. The first-order chi connectivity index (χ1) is 5.23. The molecule has 0 fully saturated rings. The van der Waals surface area contributed by atoms with Gasteiger partial charge in [-0.3, -0.25) is 0 Å². The van der Waals surface area contributed by atoms with E-state index in [4.69, 9.17) is 7.85 Å². The van der Waals surface area contributed by atoms with Crippen LogP contribution in [0, 0.1) is 0 Å². The van der Waals surface area contributed by atoms with Gasteiger partial charge in [-0.05, 0) is 20.3 Å². The molecule has 70 valence electrons. The Morgan fingerprint density at radius 1 is 1.50 bits per heavy atom. The van der Waals surface area contributed by atoms with Crippen LogP contribution < -0.4 is 4.72 Å². The van der Waals surface area contributed by atoms with E-state index in [1.165, 1.54) is 6.92 Å². The summed E-state index contributed by atoms with van der Waals surface area (Å²) in [5.41, 5.74) is 0. The SMILES string of the molecule is [B]C(C)(CC)S(=O)(=O)NC(C)C. The van der Waals surface area contributed by atoms with E-state index in [1.54, 1.807) is 20.8 Å². The van der Waals surface area contributed by atoms with E-state index in [2.05, 4.69) is 4.72 Å². The van der Waals surface area contributed by atoms with Gasteiger partial charge in [0.15, 0.2) is 0 Å². The zero-order valence-corrected chi connectivity index (χ0v) is 8.90. The van der Waals surface area contributed by atoms with Crippen molar-refractivity contribution in [3.8, 4) is 0 Å². The van der Waals surface area contributed by atoms with E-state index in [-0.39, 0.29) is 6.04 Å². The molecule has 0 aliphatic heterocycles.